The van der Waals surface area contributed by atoms with E-state index in [9.17, 15) is 0 Å². The smallest absolute Gasteiger partial charge is 0.118 e. The molecule has 0 saturated carbocycles. The van der Waals surface area contributed by atoms with Gasteiger partial charge < -0.3 is 9.30 Å². The average Bonchev–Trinajstić information content (AvgIpc) is 2.81. The van der Waals surface area contributed by atoms with E-state index in [0.29, 0.717) is 0 Å². The number of aromatic nitrogens is 2. The number of fused-ring (bicyclic) bond motifs is 1. The molecule has 19 heavy (non-hydrogen) atoms. The fraction of sp³-hybridized carbons (Fsp3) is 0.438. The Morgan fingerprint density at radius 3 is 2.84 bits per heavy atom. The van der Waals surface area contributed by atoms with Gasteiger partial charge >= 0.3 is 0 Å². The van der Waals surface area contributed by atoms with Crippen molar-refractivity contribution in [3.63, 3.8) is 0 Å². The first kappa shape index (κ1) is 12.3. The maximum atomic E-state index is 5.18. The lowest BCUT2D eigenvalue weighted by atomic mass is 10.0. The van der Waals surface area contributed by atoms with Gasteiger partial charge in [-0.3, -0.25) is 0 Å². The minimum absolute atomic E-state index is 0.774. The van der Waals surface area contributed by atoms with Crippen LogP contribution in [0.2, 0.25) is 0 Å². The van der Waals surface area contributed by atoms with E-state index in [2.05, 4.69) is 29.8 Å². The molecule has 3 heteroatoms. The van der Waals surface area contributed by atoms with Crippen molar-refractivity contribution >= 4 is 0 Å². The van der Waals surface area contributed by atoms with Crippen LogP contribution in [0.15, 0.2) is 30.5 Å². The van der Waals surface area contributed by atoms with Gasteiger partial charge in [0.25, 0.3) is 0 Å². The van der Waals surface area contributed by atoms with Gasteiger partial charge in [0.15, 0.2) is 0 Å². The molecule has 1 aromatic heterocycles. The number of methoxy groups -OCH3 is 1. The summed E-state index contributed by atoms with van der Waals surface area (Å²) in [5, 5.41) is 0. The molecule has 0 amide bonds. The number of hydrogen-bond acceptors (Lipinski definition) is 2. The first-order chi connectivity index (χ1) is 9.24. The zero-order valence-corrected chi connectivity index (χ0v) is 11.6. The van der Waals surface area contributed by atoms with E-state index in [1.54, 1.807) is 7.11 Å². The molecule has 0 saturated heterocycles. The number of imidazole rings is 1. The first-order valence-electron chi connectivity index (χ1n) is 6.92. The van der Waals surface area contributed by atoms with E-state index < -0.39 is 0 Å². The molecule has 3 rings (SSSR count). The Morgan fingerprint density at radius 2 is 2.11 bits per heavy atom. The van der Waals surface area contributed by atoms with Gasteiger partial charge in [-0.1, -0.05) is 19.1 Å². The number of rotatable bonds is 3. The van der Waals surface area contributed by atoms with Crippen LogP contribution in [0.3, 0.4) is 0 Å². The molecule has 3 nitrogen and oxygen atoms in total. The van der Waals surface area contributed by atoms with E-state index in [1.807, 2.05) is 12.1 Å². The Morgan fingerprint density at radius 1 is 1.32 bits per heavy atom. The van der Waals surface area contributed by atoms with Crippen molar-refractivity contribution < 1.29 is 4.74 Å². The molecule has 0 aliphatic carbocycles. The highest BCUT2D eigenvalue weighted by Crippen LogP contribution is 2.21. The molecule has 0 fully saturated rings. The van der Waals surface area contributed by atoms with Gasteiger partial charge in [0, 0.05) is 25.6 Å². The van der Waals surface area contributed by atoms with Gasteiger partial charge in [0.05, 0.1) is 12.8 Å². The van der Waals surface area contributed by atoms with E-state index in [-0.39, 0.29) is 0 Å². The van der Waals surface area contributed by atoms with E-state index in [0.717, 1.165) is 31.1 Å². The first-order valence-corrected chi connectivity index (χ1v) is 6.92. The fourth-order valence-electron chi connectivity index (χ4n) is 2.71. The summed E-state index contributed by atoms with van der Waals surface area (Å²) in [6.45, 7) is 3.43. The van der Waals surface area contributed by atoms with Crippen LogP contribution in [0.5, 0.6) is 5.75 Å². The van der Waals surface area contributed by atoms with Gasteiger partial charge in [-0.05, 0) is 30.0 Å². The van der Waals surface area contributed by atoms with Crippen LogP contribution in [-0.2, 0) is 19.4 Å². The molecule has 0 bridgehead atoms. The van der Waals surface area contributed by atoms with Crippen LogP contribution in [0.25, 0.3) is 0 Å². The van der Waals surface area contributed by atoms with E-state index in [1.165, 1.54) is 23.5 Å². The Bertz CT molecular complexity index is 557. The SMILES string of the molecule is COc1ccc(Cc2cn3c(n2)CCC(C)C3)cc1. The van der Waals surface area contributed by atoms with Crippen LogP contribution in [0, 0.1) is 5.92 Å². The third-order valence-electron chi connectivity index (χ3n) is 3.82. The van der Waals surface area contributed by atoms with Gasteiger partial charge in [-0.15, -0.1) is 0 Å². The van der Waals surface area contributed by atoms with Crippen molar-refractivity contribution in [1.29, 1.82) is 0 Å². The summed E-state index contributed by atoms with van der Waals surface area (Å²) < 4.78 is 7.50. The van der Waals surface area contributed by atoms with Crippen LogP contribution < -0.4 is 4.74 Å². The van der Waals surface area contributed by atoms with Gasteiger partial charge in [0.2, 0.25) is 0 Å². The Kier molecular flexibility index (Phi) is 3.28. The minimum atomic E-state index is 0.774. The van der Waals surface area contributed by atoms with Crippen LogP contribution in [0.4, 0.5) is 0 Å². The second kappa shape index (κ2) is 5.08. The lowest BCUT2D eigenvalue weighted by Gasteiger charge is -2.19. The highest BCUT2D eigenvalue weighted by molar-refractivity contribution is 5.29. The molecule has 1 unspecified atom stereocenters. The van der Waals surface area contributed by atoms with Crippen LogP contribution in [0.1, 0.15) is 30.4 Å². The molecule has 1 aliphatic rings. The molecule has 2 aromatic rings. The summed E-state index contributed by atoms with van der Waals surface area (Å²) in [7, 11) is 1.69. The maximum absolute atomic E-state index is 5.18. The van der Waals surface area contributed by atoms with Gasteiger partial charge in [-0.25, -0.2) is 4.98 Å². The number of ether oxygens (including phenoxy) is 1. The highest BCUT2D eigenvalue weighted by Gasteiger charge is 2.17. The second-order valence-electron chi connectivity index (χ2n) is 5.47. The zero-order chi connectivity index (χ0) is 13.2. The minimum Gasteiger partial charge on any atom is -0.497 e. The predicted octanol–water partition coefficient (Wildman–Crippen LogP) is 3.06. The second-order valence-corrected chi connectivity index (χ2v) is 5.47. The van der Waals surface area contributed by atoms with Crippen LogP contribution >= 0.6 is 0 Å². The van der Waals surface area contributed by atoms with Gasteiger partial charge in [0.1, 0.15) is 11.6 Å². The zero-order valence-electron chi connectivity index (χ0n) is 11.6. The Hall–Kier alpha value is -1.77. The summed E-state index contributed by atoms with van der Waals surface area (Å²) in [6.07, 6.45) is 5.50. The van der Waals surface area contributed by atoms with Crippen molar-refractivity contribution in [3.8, 4) is 5.75 Å². The van der Waals surface area contributed by atoms with Gasteiger partial charge in [-0.2, -0.15) is 0 Å². The summed E-state index contributed by atoms with van der Waals surface area (Å²) >= 11 is 0. The van der Waals surface area contributed by atoms with Crippen molar-refractivity contribution in [2.24, 2.45) is 5.92 Å². The largest absolute Gasteiger partial charge is 0.497 e. The lowest BCUT2D eigenvalue weighted by Crippen LogP contribution is -2.17. The Balaban J connectivity index is 1.76. The summed E-state index contributed by atoms with van der Waals surface area (Å²) in [5.74, 6) is 2.93. The number of aryl methyl sites for hydroxylation is 1. The molecule has 1 aromatic carbocycles. The summed E-state index contributed by atoms with van der Waals surface area (Å²) in [6, 6.07) is 8.24. The Labute approximate surface area is 114 Å². The van der Waals surface area contributed by atoms with Crippen LogP contribution in [-0.4, -0.2) is 16.7 Å². The number of nitrogens with zero attached hydrogens (tertiary/aromatic N) is 2. The molecular weight excluding hydrogens is 236 g/mol. The van der Waals surface area contributed by atoms with Crippen molar-refractivity contribution in [2.75, 3.05) is 7.11 Å². The van der Waals surface area contributed by atoms with Crippen molar-refractivity contribution in [3.05, 3.63) is 47.5 Å². The molecule has 0 N–H and O–H groups in total. The molecule has 100 valence electrons. The van der Waals surface area contributed by atoms with E-state index in [4.69, 9.17) is 9.72 Å². The topological polar surface area (TPSA) is 27.1 Å². The monoisotopic (exact) mass is 256 g/mol. The van der Waals surface area contributed by atoms with Crippen molar-refractivity contribution in [1.82, 2.24) is 9.55 Å². The standard InChI is InChI=1S/C16H20N2O/c1-12-3-8-16-17-14(11-18(16)10-12)9-13-4-6-15(19-2)7-5-13/h4-7,11-12H,3,8-10H2,1-2H3. The van der Waals surface area contributed by atoms with E-state index >= 15 is 0 Å². The molecule has 0 spiro atoms. The predicted molar refractivity (Wildman–Crippen MR) is 75.5 cm³/mol. The average molecular weight is 256 g/mol. The quantitative estimate of drug-likeness (QED) is 0.844. The normalized spacial score (nSPS) is 18.1. The number of benzene rings is 1. The molecule has 0 radical (unpaired) electrons. The number of hydrogen-bond donors (Lipinski definition) is 0. The summed E-state index contributed by atoms with van der Waals surface area (Å²) in [4.78, 5) is 4.75. The molecular formula is C16H20N2O. The molecule has 2 heterocycles. The third kappa shape index (κ3) is 2.65. The lowest BCUT2D eigenvalue weighted by molar-refractivity contribution is 0.394. The maximum Gasteiger partial charge on any atom is 0.118 e. The summed E-state index contributed by atoms with van der Waals surface area (Å²) in [5.41, 5.74) is 2.46. The fourth-order valence-corrected chi connectivity index (χ4v) is 2.71. The molecule has 1 atom stereocenters. The highest BCUT2D eigenvalue weighted by atomic mass is 16.5. The molecule has 1 aliphatic heterocycles. The van der Waals surface area contributed by atoms with Crippen molar-refractivity contribution in [2.45, 2.75) is 32.7 Å². The third-order valence-corrected chi connectivity index (χ3v) is 3.82.